The number of benzene rings is 3. The molecule has 0 atom stereocenters. The van der Waals surface area contributed by atoms with E-state index >= 15 is 0 Å². The Morgan fingerprint density at radius 1 is 0.917 bits per heavy atom. The van der Waals surface area contributed by atoms with Crippen LogP contribution in [0.3, 0.4) is 0 Å². The van der Waals surface area contributed by atoms with Crippen molar-refractivity contribution < 1.29 is 24.5 Å². The standard InChI is InChI=1S/C30H31NO5/c1-2-3-4-11-21(19-27(32)33)23-14-8-15-24-25(29(30(34)35)31-28(23)24)16-9-18-36-26-17-7-12-20-10-5-6-13-22(20)26/h5-8,10,12-15,17,19,31H,2-4,9,11,16,18H2,1H3,(H,32,33)(H,34,35). The lowest BCUT2D eigenvalue weighted by Crippen LogP contribution is -2.04. The summed E-state index contributed by atoms with van der Waals surface area (Å²) in [5.41, 5.74) is 2.97. The predicted octanol–water partition coefficient (Wildman–Crippen LogP) is 7.08. The molecule has 3 N–H and O–H groups in total. The number of aryl methyl sites for hydroxylation is 1. The molecule has 4 rings (SSSR count). The van der Waals surface area contributed by atoms with Crippen LogP contribution >= 0.6 is 0 Å². The van der Waals surface area contributed by atoms with Crippen molar-refractivity contribution in [2.45, 2.75) is 45.4 Å². The maximum absolute atomic E-state index is 12.1. The zero-order chi connectivity index (χ0) is 25.5. The first-order valence-electron chi connectivity index (χ1n) is 12.4. The van der Waals surface area contributed by atoms with Gasteiger partial charge in [0.2, 0.25) is 0 Å². The quantitative estimate of drug-likeness (QED) is 0.147. The van der Waals surface area contributed by atoms with Gasteiger partial charge in [-0.15, -0.1) is 0 Å². The van der Waals surface area contributed by atoms with Gasteiger partial charge in [-0.25, -0.2) is 9.59 Å². The highest BCUT2D eigenvalue weighted by atomic mass is 16.5. The number of aliphatic carboxylic acids is 1. The van der Waals surface area contributed by atoms with E-state index in [0.29, 0.717) is 42.5 Å². The minimum Gasteiger partial charge on any atom is -0.493 e. The number of carboxylic acids is 2. The van der Waals surface area contributed by atoms with Crippen molar-refractivity contribution in [3.63, 3.8) is 0 Å². The fourth-order valence-electron chi connectivity index (χ4n) is 4.74. The van der Waals surface area contributed by atoms with Gasteiger partial charge in [-0.05, 0) is 48.3 Å². The number of allylic oxidation sites excluding steroid dienone is 1. The molecular weight excluding hydrogens is 454 g/mol. The second-order valence-electron chi connectivity index (χ2n) is 8.91. The summed E-state index contributed by atoms with van der Waals surface area (Å²) in [6, 6.07) is 19.6. The van der Waals surface area contributed by atoms with Gasteiger partial charge in [0.1, 0.15) is 11.4 Å². The Labute approximate surface area is 210 Å². The molecule has 0 aliphatic heterocycles. The van der Waals surface area contributed by atoms with E-state index < -0.39 is 11.9 Å². The number of aromatic amines is 1. The fraction of sp³-hybridized carbons (Fsp3) is 0.267. The molecule has 0 aliphatic rings. The number of fused-ring (bicyclic) bond motifs is 2. The van der Waals surface area contributed by atoms with Crippen LogP contribution in [-0.2, 0) is 11.2 Å². The van der Waals surface area contributed by atoms with Crippen molar-refractivity contribution in [1.29, 1.82) is 0 Å². The molecule has 0 saturated heterocycles. The minimum atomic E-state index is -1.03. The molecule has 0 saturated carbocycles. The highest BCUT2D eigenvalue weighted by Gasteiger charge is 2.20. The monoisotopic (exact) mass is 485 g/mol. The molecule has 1 aromatic heterocycles. The lowest BCUT2D eigenvalue weighted by molar-refractivity contribution is -0.131. The summed E-state index contributed by atoms with van der Waals surface area (Å²) < 4.78 is 6.06. The molecular formula is C30H31NO5. The number of hydrogen-bond donors (Lipinski definition) is 3. The Hall–Kier alpha value is -4.06. The lowest BCUT2D eigenvalue weighted by Gasteiger charge is -2.10. The number of carbonyl (C=O) groups is 2. The normalized spacial score (nSPS) is 11.8. The maximum atomic E-state index is 12.1. The van der Waals surface area contributed by atoms with Crippen LogP contribution in [0.25, 0.3) is 27.2 Å². The van der Waals surface area contributed by atoms with E-state index in [0.717, 1.165) is 46.7 Å². The molecule has 0 unspecified atom stereocenters. The second-order valence-corrected chi connectivity index (χ2v) is 8.91. The van der Waals surface area contributed by atoms with Crippen molar-refractivity contribution in [2.75, 3.05) is 6.61 Å². The van der Waals surface area contributed by atoms with E-state index in [1.165, 1.54) is 6.08 Å². The number of ether oxygens (including phenoxy) is 1. The number of rotatable bonds is 12. The van der Waals surface area contributed by atoms with Gasteiger partial charge < -0.3 is 19.9 Å². The van der Waals surface area contributed by atoms with Crippen molar-refractivity contribution in [2.24, 2.45) is 0 Å². The van der Waals surface area contributed by atoms with E-state index in [9.17, 15) is 19.8 Å². The van der Waals surface area contributed by atoms with Gasteiger partial charge in [-0.3, -0.25) is 0 Å². The Morgan fingerprint density at radius 3 is 2.44 bits per heavy atom. The molecule has 36 heavy (non-hydrogen) atoms. The molecule has 0 fully saturated rings. The van der Waals surface area contributed by atoms with E-state index in [4.69, 9.17) is 4.74 Å². The number of H-pyrrole nitrogens is 1. The van der Waals surface area contributed by atoms with Crippen LogP contribution in [0.1, 0.15) is 60.6 Å². The molecule has 0 amide bonds. The minimum absolute atomic E-state index is 0.144. The average molecular weight is 486 g/mol. The Morgan fingerprint density at radius 2 is 1.67 bits per heavy atom. The van der Waals surface area contributed by atoms with Gasteiger partial charge in [-0.1, -0.05) is 74.4 Å². The number of unbranched alkanes of at least 4 members (excludes halogenated alkanes) is 2. The molecule has 6 heteroatoms. The summed E-state index contributed by atoms with van der Waals surface area (Å²) >= 11 is 0. The van der Waals surface area contributed by atoms with Crippen molar-refractivity contribution in [3.05, 3.63) is 83.6 Å². The van der Waals surface area contributed by atoms with Crippen molar-refractivity contribution in [3.8, 4) is 5.75 Å². The summed E-state index contributed by atoms with van der Waals surface area (Å²) in [4.78, 5) is 26.7. The first-order chi connectivity index (χ1) is 17.5. The van der Waals surface area contributed by atoms with Crippen molar-refractivity contribution in [1.82, 2.24) is 4.98 Å². The molecule has 1 heterocycles. The van der Waals surface area contributed by atoms with Gasteiger partial charge in [0, 0.05) is 22.4 Å². The summed E-state index contributed by atoms with van der Waals surface area (Å²) in [6.45, 7) is 2.54. The zero-order valence-electron chi connectivity index (χ0n) is 20.4. The molecule has 3 aromatic carbocycles. The largest absolute Gasteiger partial charge is 0.493 e. The molecule has 0 bridgehead atoms. The molecule has 0 spiro atoms. The second kappa shape index (κ2) is 11.6. The Bertz CT molecular complexity index is 1410. The Kier molecular flexibility index (Phi) is 8.06. The van der Waals surface area contributed by atoms with E-state index in [2.05, 4.69) is 11.9 Å². The van der Waals surface area contributed by atoms with Gasteiger partial charge in [0.15, 0.2) is 0 Å². The number of aromatic nitrogens is 1. The van der Waals surface area contributed by atoms with Crippen LogP contribution < -0.4 is 4.74 Å². The van der Waals surface area contributed by atoms with Crippen LogP contribution in [-0.4, -0.2) is 33.7 Å². The smallest absolute Gasteiger partial charge is 0.352 e. The SMILES string of the molecule is CCCCCC(=CC(=O)O)c1cccc2c(CCCOc3cccc4ccccc34)c(C(=O)O)[nH]c12. The van der Waals surface area contributed by atoms with Gasteiger partial charge in [0.25, 0.3) is 0 Å². The van der Waals surface area contributed by atoms with Gasteiger partial charge >= 0.3 is 11.9 Å². The summed E-state index contributed by atoms with van der Waals surface area (Å²) in [7, 11) is 0. The Balaban J connectivity index is 1.59. The fourth-order valence-corrected chi connectivity index (χ4v) is 4.74. The molecule has 0 aliphatic carbocycles. The summed E-state index contributed by atoms with van der Waals surface area (Å²) in [6.07, 6.45) is 5.91. The van der Waals surface area contributed by atoms with Gasteiger partial charge in [0.05, 0.1) is 12.1 Å². The number of hydrogen-bond acceptors (Lipinski definition) is 3. The van der Waals surface area contributed by atoms with Crippen LogP contribution in [0.15, 0.2) is 66.7 Å². The topological polar surface area (TPSA) is 99.6 Å². The predicted molar refractivity (Wildman–Crippen MR) is 143 cm³/mol. The van der Waals surface area contributed by atoms with Crippen LogP contribution in [0, 0.1) is 0 Å². The summed E-state index contributed by atoms with van der Waals surface area (Å²) in [5.74, 6) is -1.23. The van der Waals surface area contributed by atoms with E-state index in [1.807, 2.05) is 60.7 Å². The third-order valence-corrected chi connectivity index (χ3v) is 6.43. The number of aromatic carboxylic acids is 1. The molecule has 4 aromatic rings. The average Bonchev–Trinajstić information content (AvgIpc) is 3.25. The number of nitrogens with one attached hydrogen (secondary N) is 1. The van der Waals surface area contributed by atoms with Crippen LogP contribution in [0.4, 0.5) is 0 Å². The number of carboxylic acid groups (broad SMARTS) is 2. The third kappa shape index (κ3) is 5.60. The maximum Gasteiger partial charge on any atom is 0.352 e. The third-order valence-electron chi connectivity index (χ3n) is 6.43. The lowest BCUT2D eigenvalue weighted by atomic mass is 9.96. The van der Waals surface area contributed by atoms with Crippen LogP contribution in [0.5, 0.6) is 5.75 Å². The van der Waals surface area contributed by atoms with Crippen molar-refractivity contribution >= 4 is 39.2 Å². The highest BCUT2D eigenvalue weighted by molar-refractivity contribution is 6.03. The molecule has 186 valence electrons. The van der Waals surface area contributed by atoms with E-state index in [1.54, 1.807) is 0 Å². The first kappa shape index (κ1) is 25.0. The van der Waals surface area contributed by atoms with E-state index in [-0.39, 0.29) is 5.69 Å². The zero-order valence-corrected chi connectivity index (χ0v) is 20.4. The summed E-state index contributed by atoms with van der Waals surface area (Å²) in [5, 5.41) is 22.3. The van der Waals surface area contributed by atoms with Gasteiger partial charge in [-0.2, -0.15) is 0 Å². The molecule has 6 nitrogen and oxygen atoms in total. The first-order valence-corrected chi connectivity index (χ1v) is 12.4. The molecule has 0 radical (unpaired) electrons. The van der Waals surface area contributed by atoms with Crippen LogP contribution in [0.2, 0.25) is 0 Å². The number of para-hydroxylation sites is 1. The highest BCUT2D eigenvalue weighted by Crippen LogP contribution is 2.33.